The fraction of sp³-hybridized carbons (Fsp3) is 0.125. The molecular formula is C24H20N2. The zero-order chi connectivity index (χ0) is 17.4. The summed E-state index contributed by atoms with van der Waals surface area (Å²) in [5.74, 6) is 0.955. The molecule has 0 spiro atoms. The fourth-order valence-corrected chi connectivity index (χ4v) is 4.30. The first kappa shape index (κ1) is 15.2. The van der Waals surface area contributed by atoms with Crippen molar-refractivity contribution in [2.45, 2.75) is 18.3 Å². The second-order valence-electron chi connectivity index (χ2n) is 6.87. The minimum absolute atomic E-state index is 0.424. The second-order valence-corrected chi connectivity index (χ2v) is 6.87. The Labute approximate surface area is 153 Å². The number of hydrogen-bond acceptors (Lipinski definition) is 1. The third kappa shape index (κ3) is 2.15. The summed E-state index contributed by atoms with van der Waals surface area (Å²) in [5, 5.41) is 0. The molecule has 0 aliphatic heterocycles. The zero-order valence-corrected chi connectivity index (χ0v) is 14.5. The van der Waals surface area contributed by atoms with Gasteiger partial charge in [-0.15, -0.1) is 0 Å². The molecule has 1 N–H and O–H groups in total. The number of fused-ring (bicyclic) bond motifs is 2. The molecule has 1 aromatic heterocycles. The van der Waals surface area contributed by atoms with Crippen molar-refractivity contribution in [3.63, 3.8) is 0 Å². The van der Waals surface area contributed by atoms with Gasteiger partial charge in [-0.1, -0.05) is 78.9 Å². The molecule has 26 heavy (non-hydrogen) atoms. The third-order valence-corrected chi connectivity index (χ3v) is 5.50. The van der Waals surface area contributed by atoms with E-state index < -0.39 is 5.41 Å². The number of aromatic nitrogens is 2. The van der Waals surface area contributed by atoms with Gasteiger partial charge >= 0.3 is 0 Å². The van der Waals surface area contributed by atoms with E-state index in [1.807, 2.05) is 12.4 Å². The average Bonchev–Trinajstić information content (AvgIpc) is 3.21. The van der Waals surface area contributed by atoms with E-state index in [1.54, 1.807) is 0 Å². The summed E-state index contributed by atoms with van der Waals surface area (Å²) < 4.78 is 0. The monoisotopic (exact) mass is 336 g/mol. The molecule has 2 aliphatic rings. The van der Waals surface area contributed by atoms with E-state index in [2.05, 4.69) is 83.9 Å². The Morgan fingerprint density at radius 3 is 2.62 bits per heavy atom. The topological polar surface area (TPSA) is 28.7 Å². The summed E-state index contributed by atoms with van der Waals surface area (Å²) in [7, 11) is 0. The van der Waals surface area contributed by atoms with Crippen molar-refractivity contribution < 1.29 is 0 Å². The molecule has 0 amide bonds. The van der Waals surface area contributed by atoms with E-state index in [0.29, 0.717) is 0 Å². The van der Waals surface area contributed by atoms with Crippen LogP contribution < -0.4 is 0 Å². The van der Waals surface area contributed by atoms with E-state index >= 15 is 0 Å². The van der Waals surface area contributed by atoms with Gasteiger partial charge in [0.15, 0.2) is 0 Å². The van der Waals surface area contributed by atoms with Crippen LogP contribution in [0.5, 0.6) is 0 Å². The standard InChI is InChI=1S/C24H20N2/c1-2-9-19(10-3-1)24(23-25-16-17-26-23)15-14-18-8-4-5-11-20(18)21-12-6-7-13-22(21)24/h1-4,6-10,12-17H,5,11H2,(H,25,26). The van der Waals surface area contributed by atoms with Crippen molar-refractivity contribution in [3.8, 4) is 0 Å². The smallest absolute Gasteiger partial charge is 0.125 e. The highest BCUT2D eigenvalue weighted by Gasteiger charge is 2.39. The molecule has 5 rings (SSSR count). The molecule has 0 bridgehead atoms. The highest BCUT2D eigenvalue weighted by molar-refractivity contribution is 5.80. The fourth-order valence-electron chi connectivity index (χ4n) is 4.30. The molecule has 2 aliphatic carbocycles. The number of rotatable bonds is 2. The first-order valence-corrected chi connectivity index (χ1v) is 9.14. The van der Waals surface area contributed by atoms with Gasteiger partial charge in [0, 0.05) is 12.4 Å². The number of nitrogens with one attached hydrogen (secondary N) is 1. The maximum Gasteiger partial charge on any atom is 0.125 e. The summed E-state index contributed by atoms with van der Waals surface area (Å²) in [6, 6.07) is 19.5. The van der Waals surface area contributed by atoms with Crippen LogP contribution in [-0.2, 0) is 5.41 Å². The normalized spacial score (nSPS) is 21.2. The molecule has 3 aromatic rings. The van der Waals surface area contributed by atoms with Crippen LogP contribution in [0.2, 0.25) is 0 Å². The summed E-state index contributed by atoms with van der Waals surface area (Å²) >= 11 is 0. The zero-order valence-electron chi connectivity index (χ0n) is 14.5. The Bertz CT molecular complexity index is 1020. The number of benzene rings is 2. The van der Waals surface area contributed by atoms with Crippen molar-refractivity contribution in [1.82, 2.24) is 9.97 Å². The van der Waals surface area contributed by atoms with Crippen molar-refractivity contribution >= 4 is 5.57 Å². The number of aromatic amines is 1. The summed E-state index contributed by atoms with van der Waals surface area (Å²) in [4.78, 5) is 8.10. The lowest BCUT2D eigenvalue weighted by Crippen LogP contribution is -2.29. The van der Waals surface area contributed by atoms with Gasteiger partial charge in [0.25, 0.3) is 0 Å². The predicted molar refractivity (Wildman–Crippen MR) is 106 cm³/mol. The number of nitrogens with zero attached hydrogens (tertiary/aromatic N) is 1. The molecule has 0 radical (unpaired) electrons. The number of H-pyrrole nitrogens is 1. The average molecular weight is 336 g/mol. The van der Waals surface area contributed by atoms with Crippen molar-refractivity contribution in [1.29, 1.82) is 0 Å². The SMILES string of the molecule is C1=CC2=C(CC1)c1ccccc1C(c1ccccc1)(c1ncc[nH]1)C=C2. The van der Waals surface area contributed by atoms with Gasteiger partial charge in [-0.2, -0.15) is 0 Å². The van der Waals surface area contributed by atoms with E-state index in [9.17, 15) is 0 Å². The lowest BCUT2D eigenvalue weighted by Gasteiger charge is -2.31. The van der Waals surface area contributed by atoms with Gasteiger partial charge in [0.05, 0.1) is 5.41 Å². The Morgan fingerprint density at radius 1 is 0.923 bits per heavy atom. The largest absolute Gasteiger partial charge is 0.347 e. The summed E-state index contributed by atoms with van der Waals surface area (Å²) in [5.41, 5.74) is 6.17. The lowest BCUT2D eigenvalue weighted by molar-refractivity contribution is 0.718. The van der Waals surface area contributed by atoms with Gasteiger partial charge in [-0.25, -0.2) is 4.98 Å². The van der Waals surface area contributed by atoms with Gasteiger partial charge in [-0.05, 0) is 40.7 Å². The van der Waals surface area contributed by atoms with Crippen molar-refractivity contribution in [2.75, 3.05) is 0 Å². The first-order valence-electron chi connectivity index (χ1n) is 9.14. The van der Waals surface area contributed by atoms with Crippen LogP contribution in [0, 0.1) is 0 Å². The van der Waals surface area contributed by atoms with Crippen LogP contribution >= 0.6 is 0 Å². The molecule has 1 heterocycles. The Morgan fingerprint density at radius 2 is 1.77 bits per heavy atom. The van der Waals surface area contributed by atoms with Crippen LogP contribution in [0.4, 0.5) is 0 Å². The second kappa shape index (κ2) is 5.99. The molecule has 1 unspecified atom stereocenters. The van der Waals surface area contributed by atoms with Crippen LogP contribution in [0.1, 0.15) is 35.4 Å². The minimum Gasteiger partial charge on any atom is -0.347 e. The Kier molecular flexibility index (Phi) is 3.49. The van der Waals surface area contributed by atoms with Crippen LogP contribution in [0.15, 0.2) is 96.9 Å². The Balaban J connectivity index is 1.88. The van der Waals surface area contributed by atoms with Gasteiger partial charge in [-0.3, -0.25) is 0 Å². The van der Waals surface area contributed by atoms with Crippen LogP contribution in [-0.4, -0.2) is 9.97 Å². The predicted octanol–water partition coefficient (Wildman–Crippen LogP) is 5.42. The van der Waals surface area contributed by atoms with E-state index in [-0.39, 0.29) is 0 Å². The first-order chi connectivity index (χ1) is 12.9. The third-order valence-electron chi connectivity index (χ3n) is 5.50. The van der Waals surface area contributed by atoms with Crippen molar-refractivity contribution in [2.24, 2.45) is 0 Å². The minimum atomic E-state index is -0.424. The molecule has 0 fully saturated rings. The molecule has 1 atom stereocenters. The summed E-state index contributed by atoms with van der Waals surface area (Å²) in [6.07, 6.45) is 15.1. The molecular weight excluding hydrogens is 316 g/mol. The quantitative estimate of drug-likeness (QED) is 0.665. The molecule has 2 aromatic carbocycles. The highest BCUT2D eigenvalue weighted by atomic mass is 14.9. The summed E-state index contributed by atoms with van der Waals surface area (Å²) in [6.45, 7) is 0. The Hall–Kier alpha value is -3.13. The van der Waals surface area contributed by atoms with Crippen molar-refractivity contribution in [3.05, 3.63) is 119 Å². The van der Waals surface area contributed by atoms with Gasteiger partial charge in [0.2, 0.25) is 0 Å². The molecule has 126 valence electrons. The van der Waals surface area contributed by atoms with E-state index in [0.717, 1.165) is 18.7 Å². The molecule has 0 saturated carbocycles. The van der Waals surface area contributed by atoms with Crippen LogP contribution in [0.25, 0.3) is 5.57 Å². The van der Waals surface area contributed by atoms with E-state index in [1.165, 1.54) is 27.8 Å². The number of imidazole rings is 1. The van der Waals surface area contributed by atoms with Gasteiger partial charge < -0.3 is 4.98 Å². The number of hydrogen-bond donors (Lipinski definition) is 1. The van der Waals surface area contributed by atoms with Crippen LogP contribution in [0.3, 0.4) is 0 Å². The highest BCUT2D eigenvalue weighted by Crippen LogP contribution is 2.46. The molecule has 2 nitrogen and oxygen atoms in total. The molecule has 0 saturated heterocycles. The lowest BCUT2D eigenvalue weighted by atomic mass is 9.71. The maximum atomic E-state index is 4.70. The van der Waals surface area contributed by atoms with Gasteiger partial charge in [0.1, 0.15) is 5.82 Å². The molecule has 2 heteroatoms. The maximum absolute atomic E-state index is 4.70. The van der Waals surface area contributed by atoms with E-state index in [4.69, 9.17) is 4.98 Å². The number of allylic oxidation sites excluding steroid dienone is 6.